The first-order chi connectivity index (χ1) is 15.8. The van der Waals surface area contributed by atoms with E-state index in [4.69, 9.17) is 4.74 Å². The molecule has 0 bridgehead atoms. The lowest BCUT2D eigenvalue weighted by molar-refractivity contribution is -0.384. The number of aryl methyl sites for hydroxylation is 2. The number of nitro groups is 1. The van der Waals surface area contributed by atoms with Gasteiger partial charge in [0, 0.05) is 30.7 Å². The Morgan fingerprint density at radius 1 is 1.21 bits per heavy atom. The van der Waals surface area contributed by atoms with Crippen LogP contribution in [0, 0.1) is 23.0 Å². The first-order valence-corrected chi connectivity index (χ1v) is 11.8. The number of ether oxygens (including phenoxy) is 1. The summed E-state index contributed by atoms with van der Waals surface area (Å²) in [6.07, 6.45) is 5.99. The van der Waals surface area contributed by atoms with E-state index in [0.717, 1.165) is 23.3 Å². The smallest absolute Gasteiger partial charge is 0.269 e. The predicted octanol–water partition coefficient (Wildman–Crippen LogP) is 6.51. The molecular weight excluding hydrogens is 416 g/mol. The van der Waals surface area contributed by atoms with Gasteiger partial charge in [0.1, 0.15) is 0 Å². The molecule has 2 aromatic rings. The van der Waals surface area contributed by atoms with E-state index in [9.17, 15) is 14.9 Å². The summed E-state index contributed by atoms with van der Waals surface area (Å²) in [5.41, 5.74) is 3.32. The maximum absolute atomic E-state index is 12.9. The third-order valence-electron chi connectivity index (χ3n) is 5.82. The molecule has 0 aromatic heterocycles. The highest BCUT2D eigenvalue weighted by molar-refractivity contribution is 5.95. The molecule has 178 valence electrons. The van der Waals surface area contributed by atoms with Crippen molar-refractivity contribution in [3.8, 4) is 0 Å². The molecule has 1 N–H and O–H groups in total. The molecule has 2 aromatic carbocycles. The number of nitrogens with one attached hydrogen (secondary N) is 1. The Bertz CT molecular complexity index is 955. The summed E-state index contributed by atoms with van der Waals surface area (Å²) in [6, 6.07) is 12.0. The van der Waals surface area contributed by atoms with Crippen LogP contribution >= 0.6 is 0 Å². The van der Waals surface area contributed by atoms with Gasteiger partial charge >= 0.3 is 0 Å². The average molecular weight is 453 g/mol. The van der Waals surface area contributed by atoms with Gasteiger partial charge in [0.15, 0.2) is 0 Å². The molecule has 6 heteroatoms. The number of non-ortho nitro benzene ring substituents is 1. The van der Waals surface area contributed by atoms with Crippen LogP contribution in [0.1, 0.15) is 73.0 Å². The summed E-state index contributed by atoms with van der Waals surface area (Å²) in [5, 5.41) is 13.8. The van der Waals surface area contributed by atoms with E-state index >= 15 is 0 Å². The van der Waals surface area contributed by atoms with Gasteiger partial charge in [-0.15, -0.1) is 0 Å². The number of amides is 1. The highest BCUT2D eigenvalue weighted by Crippen LogP contribution is 2.19. The number of carbonyl (C=O) groups excluding carboxylic acids is 1. The van der Waals surface area contributed by atoms with Crippen molar-refractivity contribution in [2.24, 2.45) is 5.92 Å². The molecule has 0 heterocycles. The lowest BCUT2D eigenvalue weighted by Gasteiger charge is -2.17. The zero-order valence-corrected chi connectivity index (χ0v) is 20.1. The van der Waals surface area contributed by atoms with Crippen molar-refractivity contribution in [2.75, 3.05) is 6.61 Å². The van der Waals surface area contributed by atoms with Gasteiger partial charge in [0.25, 0.3) is 11.6 Å². The van der Waals surface area contributed by atoms with Crippen molar-refractivity contribution in [2.45, 2.75) is 65.8 Å². The number of nitrogens with zero attached hydrogens (tertiary/aromatic N) is 1. The van der Waals surface area contributed by atoms with Crippen LogP contribution in [-0.4, -0.2) is 17.4 Å². The van der Waals surface area contributed by atoms with Gasteiger partial charge in [-0.3, -0.25) is 14.9 Å². The molecule has 1 unspecified atom stereocenters. The molecule has 0 fully saturated rings. The second kappa shape index (κ2) is 13.4. The number of nitro benzene ring substituents is 1. The minimum atomic E-state index is -0.440. The fourth-order valence-corrected chi connectivity index (χ4v) is 3.69. The Hall–Kier alpha value is -3.15. The first kappa shape index (κ1) is 26.1. The Balaban J connectivity index is 1.96. The molecule has 33 heavy (non-hydrogen) atoms. The maximum atomic E-state index is 12.9. The van der Waals surface area contributed by atoms with Crippen molar-refractivity contribution in [3.05, 3.63) is 87.2 Å². The van der Waals surface area contributed by atoms with Crippen LogP contribution in [0.25, 0.3) is 0 Å². The van der Waals surface area contributed by atoms with E-state index in [0.29, 0.717) is 36.5 Å². The molecule has 0 saturated carbocycles. The number of benzene rings is 2. The molecule has 0 radical (unpaired) electrons. The summed E-state index contributed by atoms with van der Waals surface area (Å²) in [5.74, 6) is 1.10. The van der Waals surface area contributed by atoms with Gasteiger partial charge in [-0.2, -0.15) is 0 Å². The summed E-state index contributed by atoms with van der Waals surface area (Å²) in [4.78, 5) is 23.4. The molecule has 0 aliphatic carbocycles. The first-order valence-electron chi connectivity index (χ1n) is 11.8. The number of carbonyl (C=O) groups is 1. The van der Waals surface area contributed by atoms with Crippen molar-refractivity contribution >= 4 is 11.6 Å². The fourth-order valence-electron chi connectivity index (χ4n) is 3.69. The van der Waals surface area contributed by atoms with Crippen LogP contribution in [0.4, 0.5) is 5.69 Å². The Morgan fingerprint density at radius 2 is 2.00 bits per heavy atom. The van der Waals surface area contributed by atoms with E-state index in [1.165, 1.54) is 31.4 Å². The number of hydrogen-bond donors (Lipinski definition) is 1. The fraction of sp³-hybridized carbons (Fsp3) is 0.444. The third-order valence-corrected chi connectivity index (χ3v) is 5.82. The maximum Gasteiger partial charge on any atom is 0.269 e. The van der Waals surface area contributed by atoms with Crippen LogP contribution < -0.4 is 5.32 Å². The zero-order chi connectivity index (χ0) is 24.2. The molecule has 2 rings (SSSR count). The van der Waals surface area contributed by atoms with Crippen LogP contribution in [0.15, 0.2) is 54.8 Å². The molecule has 0 aliphatic rings. The number of allylic oxidation sites excluding steroid dienone is 1. The summed E-state index contributed by atoms with van der Waals surface area (Å²) in [6.45, 7) is 11.4. The van der Waals surface area contributed by atoms with Crippen molar-refractivity contribution in [1.82, 2.24) is 5.32 Å². The van der Waals surface area contributed by atoms with Crippen molar-refractivity contribution in [1.29, 1.82) is 0 Å². The molecule has 0 saturated heterocycles. The van der Waals surface area contributed by atoms with Gasteiger partial charge < -0.3 is 10.1 Å². The number of hydrogen-bond acceptors (Lipinski definition) is 4. The molecular formula is C27H36N2O4. The average Bonchev–Trinajstić information content (AvgIpc) is 2.81. The predicted molar refractivity (Wildman–Crippen MR) is 132 cm³/mol. The summed E-state index contributed by atoms with van der Waals surface area (Å²) < 4.78 is 5.93. The van der Waals surface area contributed by atoms with Gasteiger partial charge in [-0.1, -0.05) is 69.5 Å². The summed E-state index contributed by atoms with van der Waals surface area (Å²) in [7, 11) is 0. The number of unbranched alkanes of at least 4 members (excludes halogenated alkanes) is 1. The SMILES string of the molecule is C=C(CCc1cc(C)ccc1C(=O)NCc1cccc([N+](=O)[O-])c1)OCC(CC)CCCC. The molecule has 0 aliphatic heterocycles. The van der Waals surface area contributed by atoms with Crippen LogP contribution in [0.2, 0.25) is 0 Å². The van der Waals surface area contributed by atoms with E-state index in [1.807, 2.05) is 25.1 Å². The van der Waals surface area contributed by atoms with E-state index in [-0.39, 0.29) is 18.1 Å². The van der Waals surface area contributed by atoms with Gasteiger partial charge in [-0.05, 0) is 42.9 Å². The topological polar surface area (TPSA) is 81.5 Å². The highest BCUT2D eigenvalue weighted by Gasteiger charge is 2.14. The largest absolute Gasteiger partial charge is 0.498 e. The lowest BCUT2D eigenvalue weighted by atomic mass is 9.99. The van der Waals surface area contributed by atoms with Gasteiger partial charge in [0.2, 0.25) is 0 Å². The standard InChI is InChI=1S/C27H36N2O4/c1-5-7-9-22(6-2)19-33-21(4)13-14-24-16-20(3)12-15-26(24)27(30)28-18-23-10-8-11-25(17-23)29(31)32/h8,10-12,15-17,22H,4-7,9,13-14,18-19H2,1-3H3,(H,28,30). The van der Waals surface area contributed by atoms with Crippen LogP contribution in [0.5, 0.6) is 0 Å². The van der Waals surface area contributed by atoms with Crippen LogP contribution in [0.3, 0.4) is 0 Å². The molecule has 1 amide bonds. The quantitative estimate of drug-likeness (QED) is 0.201. The van der Waals surface area contributed by atoms with Crippen LogP contribution in [-0.2, 0) is 17.7 Å². The second-order valence-electron chi connectivity index (χ2n) is 8.54. The minimum absolute atomic E-state index is 0.0105. The third kappa shape index (κ3) is 8.72. The zero-order valence-electron chi connectivity index (χ0n) is 20.1. The Morgan fingerprint density at radius 3 is 2.70 bits per heavy atom. The van der Waals surface area contributed by atoms with Gasteiger partial charge in [0.05, 0.1) is 17.3 Å². The molecule has 0 spiro atoms. The highest BCUT2D eigenvalue weighted by atomic mass is 16.6. The molecule has 6 nitrogen and oxygen atoms in total. The second-order valence-corrected chi connectivity index (χ2v) is 8.54. The minimum Gasteiger partial charge on any atom is -0.498 e. The monoisotopic (exact) mass is 452 g/mol. The summed E-state index contributed by atoms with van der Waals surface area (Å²) >= 11 is 0. The van der Waals surface area contributed by atoms with Gasteiger partial charge in [-0.25, -0.2) is 0 Å². The Labute approximate surface area is 197 Å². The normalized spacial score (nSPS) is 11.6. The van der Waals surface area contributed by atoms with Crippen molar-refractivity contribution in [3.63, 3.8) is 0 Å². The Kier molecular flexibility index (Phi) is 10.6. The van der Waals surface area contributed by atoms with Crippen molar-refractivity contribution < 1.29 is 14.5 Å². The lowest BCUT2D eigenvalue weighted by Crippen LogP contribution is -2.24. The van der Waals surface area contributed by atoms with E-state index < -0.39 is 4.92 Å². The van der Waals surface area contributed by atoms with E-state index in [2.05, 4.69) is 25.7 Å². The number of rotatable bonds is 14. The van der Waals surface area contributed by atoms with E-state index in [1.54, 1.807) is 12.1 Å². The molecule has 1 atom stereocenters.